The number of benzene rings is 1. The predicted octanol–water partition coefficient (Wildman–Crippen LogP) is 2.12. The van der Waals surface area contributed by atoms with Crippen LogP contribution in [0.25, 0.3) is 0 Å². The highest BCUT2D eigenvalue weighted by atomic mass is 79.9. The summed E-state index contributed by atoms with van der Waals surface area (Å²) in [4.78, 5) is 19.1. The Balaban J connectivity index is 1.83. The molecule has 0 aliphatic heterocycles. The molecule has 0 bridgehead atoms. The number of anilines is 1. The molecule has 0 spiro atoms. The second-order valence-electron chi connectivity index (χ2n) is 4.10. The molecule has 0 saturated heterocycles. The van der Waals surface area contributed by atoms with Gasteiger partial charge < -0.3 is 16.0 Å². The van der Waals surface area contributed by atoms with E-state index in [0.717, 1.165) is 18.7 Å². The van der Waals surface area contributed by atoms with E-state index >= 15 is 0 Å². The first-order valence-electron chi connectivity index (χ1n) is 5.99. The number of carbonyl (C=O) groups is 1. The van der Waals surface area contributed by atoms with Gasteiger partial charge in [0.25, 0.3) is 5.91 Å². The number of nitrogens with two attached hydrogens (primary N) is 1. The van der Waals surface area contributed by atoms with E-state index in [-0.39, 0.29) is 5.91 Å². The van der Waals surface area contributed by atoms with Crippen molar-refractivity contribution in [3.8, 4) is 0 Å². The molecule has 0 unspecified atom stereocenters. The molecule has 0 fully saturated rings. The van der Waals surface area contributed by atoms with Crippen molar-refractivity contribution < 1.29 is 4.79 Å². The van der Waals surface area contributed by atoms with Gasteiger partial charge in [0.1, 0.15) is 5.82 Å². The summed E-state index contributed by atoms with van der Waals surface area (Å²) < 4.78 is 0.638. The number of nitrogens with one attached hydrogen (secondary N) is 2. The number of imidazole rings is 1. The smallest absolute Gasteiger partial charge is 0.252 e. The molecule has 0 radical (unpaired) electrons. The molecule has 2 aromatic rings. The van der Waals surface area contributed by atoms with Gasteiger partial charge in [-0.15, -0.1) is 0 Å². The van der Waals surface area contributed by atoms with E-state index < -0.39 is 0 Å². The summed E-state index contributed by atoms with van der Waals surface area (Å²) in [7, 11) is 0. The van der Waals surface area contributed by atoms with Crippen LogP contribution in [-0.4, -0.2) is 22.4 Å². The molecule has 6 heteroatoms. The maximum atomic E-state index is 12.0. The van der Waals surface area contributed by atoms with Crippen molar-refractivity contribution in [1.82, 2.24) is 15.3 Å². The molecule has 0 saturated carbocycles. The Kier molecular flexibility index (Phi) is 4.57. The highest BCUT2D eigenvalue weighted by molar-refractivity contribution is 9.10. The molecule has 2 rings (SSSR count). The Hall–Kier alpha value is -1.82. The monoisotopic (exact) mass is 322 g/mol. The van der Waals surface area contributed by atoms with Gasteiger partial charge in [0, 0.05) is 31.0 Å². The minimum absolute atomic E-state index is 0.126. The van der Waals surface area contributed by atoms with Crippen molar-refractivity contribution in [2.24, 2.45) is 0 Å². The van der Waals surface area contributed by atoms with E-state index in [1.54, 1.807) is 30.6 Å². The summed E-state index contributed by atoms with van der Waals surface area (Å²) in [5.41, 5.74) is 6.85. The second kappa shape index (κ2) is 6.38. The first-order chi connectivity index (χ1) is 9.18. The van der Waals surface area contributed by atoms with Crippen LogP contribution in [0, 0.1) is 0 Å². The van der Waals surface area contributed by atoms with Crippen molar-refractivity contribution in [2.45, 2.75) is 12.8 Å². The van der Waals surface area contributed by atoms with E-state index in [0.29, 0.717) is 22.3 Å². The zero-order chi connectivity index (χ0) is 13.7. The molecule has 0 aliphatic carbocycles. The average molecular weight is 323 g/mol. The highest BCUT2D eigenvalue weighted by Gasteiger charge is 2.10. The summed E-state index contributed by atoms with van der Waals surface area (Å²) in [5, 5.41) is 2.86. The van der Waals surface area contributed by atoms with Crippen LogP contribution >= 0.6 is 15.9 Å². The number of rotatable bonds is 5. The van der Waals surface area contributed by atoms with Gasteiger partial charge in [-0.05, 0) is 34.5 Å². The normalized spacial score (nSPS) is 10.4. The molecule has 1 amide bonds. The molecule has 100 valence electrons. The van der Waals surface area contributed by atoms with Crippen LogP contribution in [0.15, 0.2) is 35.1 Å². The molecule has 1 aromatic heterocycles. The van der Waals surface area contributed by atoms with Gasteiger partial charge in [-0.3, -0.25) is 4.79 Å². The van der Waals surface area contributed by atoms with Crippen LogP contribution < -0.4 is 11.1 Å². The zero-order valence-corrected chi connectivity index (χ0v) is 11.9. The number of nitrogen functional groups attached to an aromatic ring is 1. The maximum absolute atomic E-state index is 12.0. The van der Waals surface area contributed by atoms with Crippen molar-refractivity contribution in [1.29, 1.82) is 0 Å². The Labute approximate surface area is 119 Å². The lowest BCUT2D eigenvalue weighted by atomic mass is 10.2. The second-order valence-corrected chi connectivity index (χ2v) is 4.90. The number of amides is 1. The van der Waals surface area contributed by atoms with Crippen molar-refractivity contribution in [2.75, 3.05) is 12.3 Å². The third-order valence-corrected chi connectivity index (χ3v) is 3.59. The number of hydrogen-bond donors (Lipinski definition) is 3. The van der Waals surface area contributed by atoms with E-state index in [9.17, 15) is 4.79 Å². The Bertz CT molecular complexity index is 554. The van der Waals surface area contributed by atoms with Crippen molar-refractivity contribution in [3.63, 3.8) is 0 Å². The zero-order valence-electron chi connectivity index (χ0n) is 10.3. The number of carbonyl (C=O) groups excluding carboxylic acids is 1. The van der Waals surface area contributed by atoms with E-state index in [2.05, 4.69) is 31.2 Å². The number of nitrogens with zero attached hydrogens (tertiary/aromatic N) is 1. The highest BCUT2D eigenvalue weighted by Crippen LogP contribution is 2.23. The van der Waals surface area contributed by atoms with Gasteiger partial charge in [0.2, 0.25) is 0 Å². The first kappa shape index (κ1) is 13.6. The van der Waals surface area contributed by atoms with Crippen LogP contribution in [0.4, 0.5) is 5.69 Å². The summed E-state index contributed by atoms with van der Waals surface area (Å²) in [6, 6.07) is 5.25. The third kappa shape index (κ3) is 3.57. The molecule has 19 heavy (non-hydrogen) atoms. The van der Waals surface area contributed by atoms with Gasteiger partial charge in [-0.25, -0.2) is 4.98 Å². The van der Waals surface area contributed by atoms with Gasteiger partial charge in [-0.1, -0.05) is 6.07 Å². The minimum atomic E-state index is -0.126. The lowest BCUT2D eigenvalue weighted by Crippen LogP contribution is -2.25. The number of H-pyrrole nitrogens is 1. The average Bonchev–Trinajstić information content (AvgIpc) is 2.91. The van der Waals surface area contributed by atoms with Crippen molar-refractivity contribution in [3.05, 3.63) is 46.5 Å². The molecular weight excluding hydrogens is 308 g/mol. The van der Waals surface area contributed by atoms with Gasteiger partial charge in [0.05, 0.1) is 10.0 Å². The third-order valence-electron chi connectivity index (χ3n) is 2.70. The van der Waals surface area contributed by atoms with E-state index in [1.165, 1.54) is 0 Å². The SMILES string of the molecule is Nc1cccc(C(=O)NCCCc2ncc[nH]2)c1Br. The minimum Gasteiger partial charge on any atom is -0.398 e. The molecule has 1 aromatic carbocycles. The predicted molar refractivity (Wildman–Crippen MR) is 77.8 cm³/mol. The fourth-order valence-corrected chi connectivity index (χ4v) is 2.16. The summed E-state index contributed by atoms with van der Waals surface area (Å²) in [5.74, 6) is 0.804. The van der Waals surface area contributed by atoms with Gasteiger partial charge in [-0.2, -0.15) is 0 Å². The molecule has 1 heterocycles. The molecule has 5 nitrogen and oxygen atoms in total. The Morgan fingerprint density at radius 1 is 1.47 bits per heavy atom. The quantitative estimate of drug-likeness (QED) is 0.582. The van der Waals surface area contributed by atoms with Crippen LogP contribution in [0.2, 0.25) is 0 Å². The first-order valence-corrected chi connectivity index (χ1v) is 6.78. The Morgan fingerprint density at radius 2 is 2.32 bits per heavy atom. The van der Waals surface area contributed by atoms with Gasteiger partial charge in [0.15, 0.2) is 0 Å². The van der Waals surface area contributed by atoms with E-state index in [4.69, 9.17) is 5.73 Å². The summed E-state index contributed by atoms with van der Waals surface area (Å²) in [6.45, 7) is 0.598. The lowest BCUT2D eigenvalue weighted by Gasteiger charge is -2.07. The molecular formula is C13H15BrN4O. The van der Waals surface area contributed by atoms with Crippen LogP contribution in [0.1, 0.15) is 22.6 Å². The lowest BCUT2D eigenvalue weighted by molar-refractivity contribution is 0.0952. The number of aromatic nitrogens is 2. The fraction of sp³-hybridized carbons (Fsp3) is 0.231. The van der Waals surface area contributed by atoms with E-state index in [1.807, 2.05) is 0 Å². The Morgan fingerprint density at radius 3 is 3.05 bits per heavy atom. The molecule has 0 atom stereocenters. The number of aryl methyl sites for hydroxylation is 1. The standard InChI is InChI=1S/C13H15BrN4O/c14-12-9(3-1-4-10(12)15)13(19)18-6-2-5-11-16-7-8-17-11/h1,3-4,7-8H,2,5-6,15H2,(H,16,17)(H,18,19). The fourth-order valence-electron chi connectivity index (χ4n) is 1.71. The van der Waals surface area contributed by atoms with Crippen LogP contribution in [0.3, 0.4) is 0 Å². The number of aromatic amines is 1. The number of hydrogen-bond acceptors (Lipinski definition) is 3. The maximum Gasteiger partial charge on any atom is 0.252 e. The van der Waals surface area contributed by atoms with Crippen molar-refractivity contribution >= 4 is 27.5 Å². The molecule has 4 N–H and O–H groups in total. The summed E-state index contributed by atoms with van der Waals surface area (Å²) in [6.07, 6.45) is 5.15. The van der Waals surface area contributed by atoms with Gasteiger partial charge >= 0.3 is 0 Å². The summed E-state index contributed by atoms with van der Waals surface area (Å²) >= 11 is 3.32. The number of halogens is 1. The molecule has 0 aliphatic rings. The topological polar surface area (TPSA) is 83.8 Å². The van der Waals surface area contributed by atoms with Crippen LogP contribution in [0.5, 0.6) is 0 Å². The largest absolute Gasteiger partial charge is 0.398 e. The van der Waals surface area contributed by atoms with Crippen LogP contribution in [-0.2, 0) is 6.42 Å².